The maximum atomic E-state index is 14.4. The van der Waals surface area contributed by atoms with Crippen LogP contribution in [0.2, 0.25) is 5.02 Å². The molecule has 3 aromatic rings. The van der Waals surface area contributed by atoms with Gasteiger partial charge >= 0.3 is 0 Å². The second-order valence-electron chi connectivity index (χ2n) is 5.33. The largest absolute Gasteiger partial charge is 0.380 e. The Bertz CT molecular complexity index is 1110. The minimum absolute atomic E-state index is 0.0327. The molecular formula is C17H12ClFN4O2S2. The van der Waals surface area contributed by atoms with E-state index in [1.807, 2.05) is 0 Å². The monoisotopic (exact) mass is 422 g/mol. The molecule has 0 amide bonds. The van der Waals surface area contributed by atoms with Gasteiger partial charge < -0.3 is 5.32 Å². The van der Waals surface area contributed by atoms with Gasteiger partial charge in [-0.3, -0.25) is 4.72 Å². The number of nitrogens with zero attached hydrogens (tertiary/aromatic N) is 2. The first kappa shape index (κ1) is 19.1. The van der Waals surface area contributed by atoms with Gasteiger partial charge in [0.2, 0.25) is 0 Å². The molecule has 10 heteroatoms. The number of benzene rings is 2. The minimum Gasteiger partial charge on any atom is -0.380 e. The molecule has 138 valence electrons. The van der Waals surface area contributed by atoms with Crippen molar-refractivity contribution in [3.8, 4) is 6.07 Å². The molecule has 1 heterocycles. The van der Waals surface area contributed by atoms with Crippen molar-refractivity contribution in [2.24, 2.45) is 0 Å². The van der Waals surface area contributed by atoms with Crippen molar-refractivity contribution in [3.63, 3.8) is 0 Å². The van der Waals surface area contributed by atoms with Gasteiger partial charge in [-0.15, -0.1) is 11.3 Å². The summed E-state index contributed by atoms with van der Waals surface area (Å²) in [5.41, 5.74) is 1.40. The van der Waals surface area contributed by atoms with Crippen LogP contribution in [0.4, 0.5) is 15.2 Å². The number of halogens is 2. The van der Waals surface area contributed by atoms with Crippen LogP contribution in [0.25, 0.3) is 0 Å². The van der Waals surface area contributed by atoms with Crippen molar-refractivity contribution in [2.45, 2.75) is 11.4 Å². The van der Waals surface area contributed by atoms with Gasteiger partial charge in [0.1, 0.15) is 10.7 Å². The van der Waals surface area contributed by atoms with E-state index in [1.54, 1.807) is 29.6 Å². The maximum Gasteiger partial charge on any atom is 0.266 e. The van der Waals surface area contributed by atoms with E-state index >= 15 is 0 Å². The Kier molecular flexibility index (Phi) is 5.60. The first-order chi connectivity index (χ1) is 12.9. The molecule has 6 nitrogen and oxygen atoms in total. The van der Waals surface area contributed by atoms with Gasteiger partial charge in [0.25, 0.3) is 10.0 Å². The summed E-state index contributed by atoms with van der Waals surface area (Å²) in [4.78, 5) is 3.23. The van der Waals surface area contributed by atoms with Crippen LogP contribution in [0.5, 0.6) is 0 Å². The zero-order valence-electron chi connectivity index (χ0n) is 13.6. The van der Waals surface area contributed by atoms with Crippen LogP contribution in [-0.4, -0.2) is 13.4 Å². The number of rotatable bonds is 6. The molecule has 0 aliphatic heterocycles. The minimum atomic E-state index is -4.16. The Labute approximate surface area is 164 Å². The molecule has 0 radical (unpaired) electrons. The summed E-state index contributed by atoms with van der Waals surface area (Å²) in [6.45, 7) is 0.229. The summed E-state index contributed by atoms with van der Waals surface area (Å²) in [6, 6.07) is 11.0. The van der Waals surface area contributed by atoms with E-state index in [4.69, 9.17) is 16.9 Å². The van der Waals surface area contributed by atoms with Crippen molar-refractivity contribution >= 4 is 43.8 Å². The fourth-order valence-electron chi connectivity index (χ4n) is 2.29. The summed E-state index contributed by atoms with van der Waals surface area (Å²) in [5.74, 6) is -0.959. The highest BCUT2D eigenvalue weighted by Gasteiger charge is 2.22. The SMILES string of the molecule is N#Cc1ccccc1CNc1cc(F)c(S(=O)(=O)Nc2nccs2)cc1Cl. The highest BCUT2D eigenvalue weighted by molar-refractivity contribution is 7.93. The van der Waals surface area contributed by atoms with Crippen LogP contribution in [-0.2, 0) is 16.6 Å². The Morgan fingerprint density at radius 3 is 2.78 bits per heavy atom. The van der Waals surface area contributed by atoms with Crippen molar-refractivity contribution in [3.05, 3.63) is 69.9 Å². The highest BCUT2D eigenvalue weighted by atomic mass is 35.5. The summed E-state index contributed by atoms with van der Waals surface area (Å²) in [7, 11) is -4.16. The van der Waals surface area contributed by atoms with Gasteiger partial charge in [-0.05, 0) is 23.8 Å². The van der Waals surface area contributed by atoms with Gasteiger partial charge in [0.05, 0.1) is 22.3 Å². The van der Waals surface area contributed by atoms with E-state index < -0.39 is 20.7 Å². The molecule has 0 fully saturated rings. The molecule has 0 aliphatic carbocycles. The quantitative estimate of drug-likeness (QED) is 0.620. The van der Waals surface area contributed by atoms with Crippen LogP contribution in [0.3, 0.4) is 0 Å². The maximum absolute atomic E-state index is 14.4. The molecule has 1 aromatic heterocycles. The average molecular weight is 423 g/mol. The smallest absolute Gasteiger partial charge is 0.266 e. The fourth-order valence-corrected chi connectivity index (χ4v) is 4.46. The predicted molar refractivity (Wildman–Crippen MR) is 103 cm³/mol. The number of hydrogen-bond donors (Lipinski definition) is 2. The van der Waals surface area contributed by atoms with Crippen LogP contribution in [0, 0.1) is 17.1 Å². The second-order valence-corrected chi connectivity index (χ2v) is 8.28. The highest BCUT2D eigenvalue weighted by Crippen LogP contribution is 2.30. The topological polar surface area (TPSA) is 94.9 Å². The van der Waals surface area contributed by atoms with E-state index in [1.165, 1.54) is 6.20 Å². The van der Waals surface area contributed by atoms with Gasteiger partial charge in [-0.2, -0.15) is 5.26 Å². The van der Waals surface area contributed by atoms with Crippen molar-refractivity contribution in [1.29, 1.82) is 5.26 Å². The van der Waals surface area contributed by atoms with Crippen molar-refractivity contribution in [1.82, 2.24) is 4.98 Å². The molecule has 0 saturated carbocycles. The summed E-state index contributed by atoms with van der Waals surface area (Å²) in [5, 5.41) is 13.8. The third-order valence-electron chi connectivity index (χ3n) is 3.57. The van der Waals surface area contributed by atoms with E-state index in [2.05, 4.69) is 21.1 Å². The van der Waals surface area contributed by atoms with Crippen molar-refractivity contribution in [2.75, 3.05) is 10.0 Å². The molecule has 0 saturated heterocycles. The Balaban J connectivity index is 1.84. The molecule has 0 unspecified atom stereocenters. The second kappa shape index (κ2) is 7.92. The Morgan fingerprint density at radius 1 is 1.30 bits per heavy atom. The zero-order chi connectivity index (χ0) is 19.4. The van der Waals surface area contributed by atoms with Gasteiger partial charge in [-0.25, -0.2) is 17.8 Å². The van der Waals surface area contributed by atoms with E-state index in [-0.39, 0.29) is 22.4 Å². The van der Waals surface area contributed by atoms with Gasteiger partial charge in [-0.1, -0.05) is 29.8 Å². The van der Waals surface area contributed by atoms with E-state index in [0.29, 0.717) is 11.1 Å². The number of thiazole rings is 1. The van der Waals surface area contributed by atoms with Crippen molar-refractivity contribution < 1.29 is 12.8 Å². The lowest BCUT2D eigenvalue weighted by Gasteiger charge is -2.12. The third-order valence-corrected chi connectivity index (χ3v) is 6.06. The zero-order valence-corrected chi connectivity index (χ0v) is 16.0. The van der Waals surface area contributed by atoms with Gasteiger partial charge in [0.15, 0.2) is 5.13 Å². The molecule has 2 N–H and O–H groups in total. The van der Waals surface area contributed by atoms with Crippen LogP contribution in [0.15, 0.2) is 52.9 Å². The summed E-state index contributed by atoms with van der Waals surface area (Å²) in [6.07, 6.45) is 1.43. The molecule has 27 heavy (non-hydrogen) atoms. The van der Waals surface area contributed by atoms with Crippen LogP contribution in [0.1, 0.15) is 11.1 Å². The average Bonchev–Trinajstić information content (AvgIpc) is 3.14. The van der Waals surface area contributed by atoms with Gasteiger partial charge in [0, 0.05) is 18.1 Å². The lowest BCUT2D eigenvalue weighted by atomic mass is 10.1. The summed E-state index contributed by atoms with van der Waals surface area (Å²) < 4.78 is 41.3. The van der Waals surface area contributed by atoms with Crippen LogP contribution >= 0.6 is 22.9 Å². The number of nitrogens with one attached hydrogen (secondary N) is 2. The van der Waals surface area contributed by atoms with E-state index in [9.17, 15) is 12.8 Å². The Morgan fingerprint density at radius 2 is 2.07 bits per heavy atom. The number of nitriles is 1. The fraction of sp³-hybridized carbons (Fsp3) is 0.0588. The number of hydrogen-bond acceptors (Lipinski definition) is 6. The normalized spacial score (nSPS) is 11.0. The molecule has 3 rings (SSSR count). The molecule has 0 bridgehead atoms. The number of sulfonamides is 1. The molecule has 2 aromatic carbocycles. The molecule has 0 aliphatic rings. The number of anilines is 2. The molecule has 0 spiro atoms. The standard InChI is InChI=1S/C17H12ClFN4O2S2/c18-13-7-16(27(24,25)23-17-21-5-6-26-17)14(19)8-15(13)22-10-12-4-2-1-3-11(12)9-20/h1-8,22H,10H2,(H,21,23). The predicted octanol–water partition coefficient (Wildman–Crippen LogP) is 4.22. The molecular weight excluding hydrogens is 411 g/mol. The molecule has 0 atom stereocenters. The number of aromatic nitrogens is 1. The Hall–Kier alpha value is -2.67. The van der Waals surface area contributed by atoms with E-state index in [0.717, 1.165) is 23.5 Å². The first-order valence-corrected chi connectivity index (χ1v) is 10.3. The first-order valence-electron chi connectivity index (χ1n) is 7.54. The lowest BCUT2D eigenvalue weighted by Crippen LogP contribution is -2.15. The van der Waals surface area contributed by atoms with Crippen LogP contribution < -0.4 is 10.0 Å². The lowest BCUT2D eigenvalue weighted by molar-refractivity contribution is 0.570. The summed E-state index contributed by atoms with van der Waals surface area (Å²) >= 11 is 7.20. The third kappa shape index (κ3) is 4.36.